The molecular formula is C13H21F3N2O6S. The van der Waals surface area contributed by atoms with Crippen molar-refractivity contribution in [2.75, 3.05) is 38.7 Å². The highest BCUT2D eigenvalue weighted by Crippen LogP contribution is 2.21. The Morgan fingerprint density at radius 3 is 2.20 bits per heavy atom. The SMILES string of the molecule is CC(=O)SCCC(=O)C(N)(COCCOCCN)OC(=O)C(F)(F)F. The highest BCUT2D eigenvalue weighted by molar-refractivity contribution is 8.13. The second kappa shape index (κ2) is 11.4. The standard InChI is InChI=1S/C13H21F3N2O6S/c1-9(19)25-7-2-10(20)12(18,24-11(21)13(14,15)16)8-23-6-5-22-4-3-17/h2-8,17-18H2,1H3. The third-order valence-corrected chi connectivity index (χ3v) is 3.38. The number of Topliss-reactive ketones (excluding diaryl/α,β-unsaturated/α-hetero) is 1. The van der Waals surface area contributed by atoms with Crippen LogP contribution in [0.4, 0.5) is 13.2 Å². The molecule has 0 aromatic rings. The molecule has 0 aliphatic heterocycles. The van der Waals surface area contributed by atoms with E-state index in [1.54, 1.807) is 0 Å². The van der Waals surface area contributed by atoms with Crippen molar-refractivity contribution in [3.63, 3.8) is 0 Å². The van der Waals surface area contributed by atoms with E-state index in [-0.39, 0.29) is 43.7 Å². The van der Waals surface area contributed by atoms with Gasteiger partial charge in [-0.3, -0.25) is 15.3 Å². The summed E-state index contributed by atoms with van der Waals surface area (Å²) in [6.45, 7) is 0.966. The minimum atomic E-state index is -5.32. The summed E-state index contributed by atoms with van der Waals surface area (Å²) < 4.78 is 51.2. The van der Waals surface area contributed by atoms with Crippen molar-refractivity contribution >= 4 is 28.6 Å². The van der Waals surface area contributed by atoms with Crippen LogP contribution in [0.2, 0.25) is 0 Å². The molecule has 0 aromatic heterocycles. The average Bonchev–Trinajstić information content (AvgIpc) is 2.49. The van der Waals surface area contributed by atoms with E-state index in [0.717, 1.165) is 11.8 Å². The van der Waals surface area contributed by atoms with Crippen LogP contribution in [-0.4, -0.2) is 67.5 Å². The zero-order valence-corrected chi connectivity index (χ0v) is 14.4. The summed E-state index contributed by atoms with van der Waals surface area (Å²) in [6.07, 6.45) is -5.69. The van der Waals surface area contributed by atoms with Crippen molar-refractivity contribution in [2.24, 2.45) is 11.5 Å². The molecule has 0 saturated carbocycles. The first kappa shape index (κ1) is 23.8. The summed E-state index contributed by atoms with van der Waals surface area (Å²) in [7, 11) is 0. The number of halogens is 3. The van der Waals surface area contributed by atoms with Crippen LogP contribution in [0.3, 0.4) is 0 Å². The number of rotatable bonds is 12. The molecule has 0 spiro atoms. The van der Waals surface area contributed by atoms with Gasteiger partial charge in [-0.15, -0.1) is 0 Å². The van der Waals surface area contributed by atoms with Gasteiger partial charge in [0.1, 0.15) is 6.61 Å². The Hall–Kier alpha value is -1.21. The van der Waals surface area contributed by atoms with Gasteiger partial charge in [-0.25, -0.2) is 4.79 Å². The van der Waals surface area contributed by atoms with E-state index in [9.17, 15) is 27.6 Å². The van der Waals surface area contributed by atoms with Gasteiger partial charge in [-0.2, -0.15) is 13.2 Å². The number of nitrogens with two attached hydrogens (primary N) is 2. The van der Waals surface area contributed by atoms with E-state index in [0.29, 0.717) is 0 Å². The molecule has 0 bridgehead atoms. The van der Waals surface area contributed by atoms with Gasteiger partial charge in [-0.1, -0.05) is 11.8 Å². The molecule has 0 aromatic carbocycles. The Kier molecular flexibility index (Phi) is 10.9. The smallest absolute Gasteiger partial charge is 0.427 e. The van der Waals surface area contributed by atoms with E-state index in [2.05, 4.69) is 4.74 Å². The zero-order valence-electron chi connectivity index (χ0n) is 13.6. The Morgan fingerprint density at radius 2 is 1.68 bits per heavy atom. The summed E-state index contributed by atoms with van der Waals surface area (Å²) in [6, 6.07) is 0. The van der Waals surface area contributed by atoms with Crippen LogP contribution in [-0.2, 0) is 28.6 Å². The van der Waals surface area contributed by atoms with Gasteiger partial charge in [-0.05, 0) is 0 Å². The van der Waals surface area contributed by atoms with Gasteiger partial charge in [0.2, 0.25) is 5.72 Å². The molecule has 0 saturated heterocycles. The minimum absolute atomic E-state index is 0.0176. The van der Waals surface area contributed by atoms with Crippen molar-refractivity contribution in [3.8, 4) is 0 Å². The van der Waals surface area contributed by atoms with Gasteiger partial charge in [0.15, 0.2) is 10.9 Å². The van der Waals surface area contributed by atoms with Crippen molar-refractivity contribution in [3.05, 3.63) is 0 Å². The van der Waals surface area contributed by atoms with Crippen LogP contribution in [0.5, 0.6) is 0 Å². The van der Waals surface area contributed by atoms with Crippen LogP contribution >= 0.6 is 11.8 Å². The molecule has 0 aliphatic rings. The maximum atomic E-state index is 12.4. The Balaban J connectivity index is 4.75. The molecule has 1 unspecified atom stereocenters. The van der Waals surface area contributed by atoms with Crippen molar-refractivity contribution in [2.45, 2.75) is 25.2 Å². The number of hydrogen-bond donors (Lipinski definition) is 2. The fourth-order valence-corrected chi connectivity index (χ4v) is 1.99. The molecule has 4 N–H and O–H groups in total. The Labute approximate surface area is 146 Å². The normalized spacial score (nSPS) is 14.0. The van der Waals surface area contributed by atoms with Gasteiger partial charge in [0.25, 0.3) is 0 Å². The highest BCUT2D eigenvalue weighted by atomic mass is 32.2. The lowest BCUT2D eigenvalue weighted by Crippen LogP contribution is -2.57. The molecule has 8 nitrogen and oxygen atoms in total. The molecule has 146 valence electrons. The lowest BCUT2D eigenvalue weighted by atomic mass is 10.1. The maximum Gasteiger partial charge on any atom is 0.491 e. The van der Waals surface area contributed by atoms with E-state index in [1.165, 1.54) is 6.92 Å². The number of carbonyl (C=O) groups excluding carboxylic acids is 3. The fourth-order valence-electron chi connectivity index (χ4n) is 1.42. The van der Waals surface area contributed by atoms with Crippen LogP contribution in [0.25, 0.3) is 0 Å². The number of carbonyl (C=O) groups is 3. The van der Waals surface area contributed by atoms with Crippen molar-refractivity contribution in [1.82, 2.24) is 0 Å². The predicted molar refractivity (Wildman–Crippen MR) is 82.5 cm³/mol. The summed E-state index contributed by atoms with van der Waals surface area (Å²) in [5, 5.41) is -0.281. The van der Waals surface area contributed by atoms with Crippen molar-refractivity contribution < 1.29 is 41.8 Å². The second-order valence-electron chi connectivity index (χ2n) is 4.74. The molecule has 0 heterocycles. The molecule has 0 rings (SSSR count). The topological polar surface area (TPSA) is 131 Å². The van der Waals surface area contributed by atoms with E-state index in [1.807, 2.05) is 0 Å². The zero-order chi connectivity index (χ0) is 19.5. The van der Waals surface area contributed by atoms with Gasteiger partial charge in [0, 0.05) is 25.6 Å². The maximum absolute atomic E-state index is 12.4. The highest BCUT2D eigenvalue weighted by Gasteiger charge is 2.48. The summed E-state index contributed by atoms with van der Waals surface area (Å²) in [5.74, 6) is -3.62. The second-order valence-corrected chi connectivity index (χ2v) is 6.02. The molecule has 25 heavy (non-hydrogen) atoms. The monoisotopic (exact) mass is 390 g/mol. The third-order valence-electron chi connectivity index (χ3n) is 2.56. The Morgan fingerprint density at radius 1 is 1.08 bits per heavy atom. The predicted octanol–water partition coefficient (Wildman–Crippen LogP) is -0.0223. The number of ether oxygens (including phenoxy) is 3. The van der Waals surface area contributed by atoms with Crippen LogP contribution < -0.4 is 11.5 Å². The van der Waals surface area contributed by atoms with Crippen LogP contribution in [0.1, 0.15) is 13.3 Å². The number of ketones is 1. The van der Waals surface area contributed by atoms with Crippen LogP contribution in [0.15, 0.2) is 0 Å². The molecule has 0 radical (unpaired) electrons. The number of esters is 1. The van der Waals surface area contributed by atoms with Gasteiger partial charge in [0.05, 0.1) is 19.8 Å². The van der Waals surface area contributed by atoms with Gasteiger partial charge < -0.3 is 19.9 Å². The first-order chi connectivity index (χ1) is 11.5. The molecule has 0 fully saturated rings. The molecule has 0 amide bonds. The van der Waals surface area contributed by atoms with E-state index in [4.69, 9.17) is 20.9 Å². The summed E-state index contributed by atoms with van der Waals surface area (Å²) in [5.41, 5.74) is 8.11. The minimum Gasteiger partial charge on any atom is -0.427 e. The quantitative estimate of drug-likeness (QED) is 0.268. The first-order valence-corrected chi connectivity index (χ1v) is 8.12. The fraction of sp³-hybridized carbons (Fsp3) is 0.769. The summed E-state index contributed by atoms with van der Waals surface area (Å²) in [4.78, 5) is 33.9. The lowest BCUT2D eigenvalue weighted by Gasteiger charge is -2.28. The number of alkyl halides is 3. The molecule has 12 heteroatoms. The van der Waals surface area contributed by atoms with E-state index >= 15 is 0 Å². The van der Waals surface area contributed by atoms with Gasteiger partial charge >= 0.3 is 12.1 Å². The largest absolute Gasteiger partial charge is 0.491 e. The average molecular weight is 390 g/mol. The number of thioether (sulfide) groups is 1. The molecule has 0 aliphatic carbocycles. The lowest BCUT2D eigenvalue weighted by molar-refractivity contribution is -0.217. The van der Waals surface area contributed by atoms with Crippen LogP contribution in [0, 0.1) is 0 Å². The Bertz CT molecular complexity index is 464. The third kappa shape index (κ3) is 10.4. The van der Waals surface area contributed by atoms with E-state index < -0.39 is 30.3 Å². The van der Waals surface area contributed by atoms with Crippen molar-refractivity contribution in [1.29, 1.82) is 0 Å². The molecule has 1 atom stereocenters. The molecular weight excluding hydrogens is 369 g/mol. The summed E-state index contributed by atoms with van der Waals surface area (Å²) >= 11 is 0.787. The number of hydrogen-bond acceptors (Lipinski definition) is 9. The first-order valence-electron chi connectivity index (χ1n) is 7.14.